The molecule has 22 heavy (non-hydrogen) atoms. The molecule has 1 heterocycles. The van der Waals surface area contributed by atoms with E-state index in [4.69, 9.17) is 11.6 Å². The van der Waals surface area contributed by atoms with E-state index in [-0.39, 0.29) is 18.0 Å². The standard InChI is InChI=1S/C14H13ClF2N2O3/c15-9-5-11(18-6-9)13(21)19-7-12(20)8-1-3-10(4-2-8)22-14(16)17/h1-6,12,14,18,20H,7H2,(H,19,21). The van der Waals surface area contributed by atoms with Crippen LogP contribution in [0.3, 0.4) is 0 Å². The number of aliphatic hydroxyl groups is 1. The second kappa shape index (κ2) is 7.24. The van der Waals surface area contributed by atoms with Crippen molar-refractivity contribution in [2.75, 3.05) is 6.54 Å². The van der Waals surface area contributed by atoms with Gasteiger partial charge in [0.05, 0.1) is 11.1 Å². The fourth-order valence-corrected chi connectivity index (χ4v) is 1.94. The highest BCUT2D eigenvalue weighted by Crippen LogP contribution is 2.19. The van der Waals surface area contributed by atoms with Gasteiger partial charge in [0.25, 0.3) is 5.91 Å². The summed E-state index contributed by atoms with van der Waals surface area (Å²) in [6.45, 7) is -2.94. The van der Waals surface area contributed by atoms with Crippen LogP contribution in [0, 0.1) is 0 Å². The van der Waals surface area contributed by atoms with Crippen LogP contribution >= 0.6 is 11.6 Å². The van der Waals surface area contributed by atoms with E-state index in [9.17, 15) is 18.7 Å². The second-order valence-corrected chi connectivity index (χ2v) is 4.84. The first kappa shape index (κ1) is 16.3. The van der Waals surface area contributed by atoms with Crippen molar-refractivity contribution >= 4 is 17.5 Å². The zero-order valence-electron chi connectivity index (χ0n) is 11.2. The van der Waals surface area contributed by atoms with Crippen LogP contribution in [0.1, 0.15) is 22.2 Å². The molecule has 0 saturated heterocycles. The number of halogens is 3. The number of nitrogens with one attached hydrogen (secondary N) is 2. The Hall–Kier alpha value is -2.12. The number of ether oxygens (including phenoxy) is 1. The lowest BCUT2D eigenvalue weighted by Gasteiger charge is -2.12. The normalized spacial score (nSPS) is 12.2. The average molecular weight is 331 g/mol. The molecule has 0 aliphatic heterocycles. The van der Waals surface area contributed by atoms with Gasteiger partial charge in [-0.1, -0.05) is 23.7 Å². The molecule has 2 aromatic rings. The van der Waals surface area contributed by atoms with Gasteiger partial charge in [-0.25, -0.2) is 0 Å². The Morgan fingerprint density at radius 2 is 2.05 bits per heavy atom. The lowest BCUT2D eigenvalue weighted by molar-refractivity contribution is -0.0498. The number of amides is 1. The van der Waals surface area contributed by atoms with E-state index < -0.39 is 18.6 Å². The number of aromatic amines is 1. The Balaban J connectivity index is 1.89. The summed E-state index contributed by atoms with van der Waals surface area (Å²) in [7, 11) is 0. The van der Waals surface area contributed by atoms with Gasteiger partial charge in [-0.2, -0.15) is 8.78 Å². The molecule has 3 N–H and O–H groups in total. The first-order chi connectivity index (χ1) is 10.5. The average Bonchev–Trinajstić information content (AvgIpc) is 2.91. The number of hydrogen-bond donors (Lipinski definition) is 3. The van der Waals surface area contributed by atoms with E-state index >= 15 is 0 Å². The summed E-state index contributed by atoms with van der Waals surface area (Å²) in [4.78, 5) is 14.4. The third-order valence-electron chi connectivity index (χ3n) is 2.84. The molecule has 2 rings (SSSR count). The molecule has 0 saturated carbocycles. The van der Waals surface area contributed by atoms with Crippen molar-refractivity contribution in [3.8, 4) is 5.75 Å². The predicted molar refractivity (Wildman–Crippen MR) is 76.2 cm³/mol. The number of aliphatic hydroxyl groups excluding tert-OH is 1. The molecular weight excluding hydrogens is 318 g/mol. The van der Waals surface area contributed by atoms with Gasteiger partial charge in [0.15, 0.2) is 0 Å². The highest BCUT2D eigenvalue weighted by atomic mass is 35.5. The topological polar surface area (TPSA) is 74.3 Å². The van der Waals surface area contributed by atoms with Gasteiger partial charge in [-0.3, -0.25) is 4.79 Å². The lowest BCUT2D eigenvalue weighted by Crippen LogP contribution is -2.28. The molecule has 1 atom stereocenters. The Morgan fingerprint density at radius 1 is 1.36 bits per heavy atom. The van der Waals surface area contributed by atoms with Gasteiger partial charge in [0.1, 0.15) is 11.4 Å². The molecule has 5 nitrogen and oxygen atoms in total. The van der Waals surface area contributed by atoms with Crippen molar-refractivity contribution in [1.82, 2.24) is 10.3 Å². The van der Waals surface area contributed by atoms with E-state index in [2.05, 4.69) is 15.0 Å². The van der Waals surface area contributed by atoms with Crippen LogP contribution in [0.2, 0.25) is 5.02 Å². The number of rotatable bonds is 6. The van der Waals surface area contributed by atoms with Crippen LogP contribution < -0.4 is 10.1 Å². The van der Waals surface area contributed by atoms with E-state index in [0.717, 1.165) is 0 Å². The minimum Gasteiger partial charge on any atom is -0.435 e. The van der Waals surface area contributed by atoms with Crippen LogP contribution in [0.4, 0.5) is 8.78 Å². The van der Waals surface area contributed by atoms with E-state index in [1.54, 1.807) is 0 Å². The summed E-state index contributed by atoms with van der Waals surface area (Å²) in [5, 5.41) is 12.9. The number of hydrogen-bond acceptors (Lipinski definition) is 3. The van der Waals surface area contributed by atoms with Gasteiger partial charge in [0.2, 0.25) is 0 Å². The van der Waals surface area contributed by atoms with E-state index in [0.29, 0.717) is 10.6 Å². The zero-order chi connectivity index (χ0) is 16.1. The monoisotopic (exact) mass is 330 g/mol. The first-order valence-electron chi connectivity index (χ1n) is 6.30. The summed E-state index contributed by atoms with van der Waals surface area (Å²) < 4.78 is 28.2. The number of aromatic nitrogens is 1. The van der Waals surface area contributed by atoms with Crippen molar-refractivity contribution in [1.29, 1.82) is 0 Å². The van der Waals surface area contributed by atoms with Crippen molar-refractivity contribution in [2.45, 2.75) is 12.7 Å². The summed E-state index contributed by atoms with van der Waals surface area (Å²) >= 11 is 5.69. The Kier molecular flexibility index (Phi) is 5.35. The summed E-state index contributed by atoms with van der Waals surface area (Å²) in [6.07, 6.45) is 0.490. The van der Waals surface area contributed by atoms with Gasteiger partial charge < -0.3 is 20.1 Å². The number of benzene rings is 1. The van der Waals surface area contributed by atoms with E-state index in [1.807, 2.05) is 0 Å². The maximum atomic E-state index is 12.0. The zero-order valence-corrected chi connectivity index (χ0v) is 12.0. The smallest absolute Gasteiger partial charge is 0.387 e. The molecule has 0 spiro atoms. The lowest BCUT2D eigenvalue weighted by atomic mass is 10.1. The Morgan fingerprint density at radius 3 is 2.59 bits per heavy atom. The number of H-pyrrole nitrogens is 1. The quantitative estimate of drug-likeness (QED) is 0.762. The SMILES string of the molecule is O=C(NCC(O)c1ccc(OC(F)F)cc1)c1cc(Cl)c[nH]1. The highest BCUT2D eigenvalue weighted by molar-refractivity contribution is 6.30. The third-order valence-corrected chi connectivity index (χ3v) is 3.06. The third kappa shape index (κ3) is 4.44. The van der Waals surface area contributed by atoms with Crippen molar-refractivity contribution in [2.24, 2.45) is 0 Å². The van der Waals surface area contributed by atoms with E-state index in [1.165, 1.54) is 36.5 Å². The molecule has 1 amide bonds. The second-order valence-electron chi connectivity index (χ2n) is 4.40. The molecular formula is C14H13ClF2N2O3. The van der Waals surface area contributed by atoms with Crippen LogP contribution in [-0.2, 0) is 0 Å². The molecule has 0 bridgehead atoms. The van der Waals surface area contributed by atoms with Crippen LogP contribution in [0.5, 0.6) is 5.75 Å². The largest absolute Gasteiger partial charge is 0.435 e. The maximum absolute atomic E-state index is 12.0. The Labute approximate surface area is 129 Å². The molecule has 1 aromatic carbocycles. The molecule has 1 aromatic heterocycles. The fourth-order valence-electron chi connectivity index (χ4n) is 1.77. The molecule has 0 fully saturated rings. The number of alkyl halides is 2. The molecule has 8 heteroatoms. The minimum atomic E-state index is -2.90. The highest BCUT2D eigenvalue weighted by Gasteiger charge is 2.13. The maximum Gasteiger partial charge on any atom is 0.387 e. The van der Waals surface area contributed by atoms with Gasteiger partial charge >= 0.3 is 6.61 Å². The van der Waals surface area contributed by atoms with Crippen molar-refractivity contribution < 1.29 is 23.4 Å². The molecule has 0 aliphatic carbocycles. The summed E-state index contributed by atoms with van der Waals surface area (Å²) in [5.41, 5.74) is 0.740. The number of carbonyl (C=O) groups excluding carboxylic acids is 1. The minimum absolute atomic E-state index is 0.00369. The predicted octanol–water partition coefficient (Wildman–Crippen LogP) is 2.73. The van der Waals surface area contributed by atoms with Gasteiger partial charge in [-0.15, -0.1) is 0 Å². The molecule has 0 aliphatic rings. The first-order valence-corrected chi connectivity index (χ1v) is 6.68. The Bertz CT molecular complexity index is 631. The summed E-state index contributed by atoms with van der Waals surface area (Å²) in [6, 6.07) is 6.98. The van der Waals surface area contributed by atoms with Gasteiger partial charge in [0, 0.05) is 12.7 Å². The molecule has 1 unspecified atom stereocenters. The molecule has 118 valence electrons. The van der Waals surface area contributed by atoms with Gasteiger partial charge in [-0.05, 0) is 23.8 Å². The van der Waals surface area contributed by atoms with Crippen LogP contribution in [0.15, 0.2) is 36.5 Å². The number of carbonyl (C=O) groups is 1. The molecule has 0 radical (unpaired) electrons. The van der Waals surface area contributed by atoms with Crippen LogP contribution in [-0.4, -0.2) is 29.2 Å². The van der Waals surface area contributed by atoms with Crippen LogP contribution in [0.25, 0.3) is 0 Å². The fraction of sp³-hybridized carbons (Fsp3) is 0.214. The summed E-state index contributed by atoms with van der Waals surface area (Å²) in [5.74, 6) is -0.417. The van der Waals surface area contributed by atoms with Crippen molar-refractivity contribution in [3.05, 3.63) is 52.8 Å². The van der Waals surface area contributed by atoms with Crippen molar-refractivity contribution in [3.63, 3.8) is 0 Å².